The van der Waals surface area contributed by atoms with Crippen LogP contribution in [0.3, 0.4) is 0 Å². The number of nitrogens with zero attached hydrogens (tertiary/aromatic N) is 3. The van der Waals surface area contributed by atoms with Crippen LogP contribution in [0, 0.1) is 0 Å². The van der Waals surface area contributed by atoms with Gasteiger partial charge in [-0.15, -0.1) is 11.3 Å². The molecule has 0 aliphatic carbocycles. The van der Waals surface area contributed by atoms with Gasteiger partial charge in [-0.05, 0) is 12.8 Å². The lowest BCUT2D eigenvalue weighted by Gasteiger charge is -2.32. The molecule has 0 aromatic carbocycles. The van der Waals surface area contributed by atoms with Crippen molar-refractivity contribution in [2.75, 3.05) is 18.0 Å². The summed E-state index contributed by atoms with van der Waals surface area (Å²) in [5.41, 5.74) is 7.02. The summed E-state index contributed by atoms with van der Waals surface area (Å²) in [6.07, 6.45) is 5.18. The van der Waals surface area contributed by atoms with Crippen LogP contribution in [-0.2, 0) is 11.3 Å². The molecular weight excluding hydrogens is 248 g/mol. The van der Waals surface area contributed by atoms with Gasteiger partial charge in [-0.2, -0.15) is 0 Å². The quantitative estimate of drug-likeness (QED) is 0.886. The molecule has 0 saturated carbocycles. The van der Waals surface area contributed by atoms with Crippen LogP contribution in [0.25, 0.3) is 4.96 Å². The minimum Gasteiger partial charge on any atom is -0.371 e. The van der Waals surface area contributed by atoms with Gasteiger partial charge >= 0.3 is 0 Å². The minimum absolute atomic E-state index is 0.383. The van der Waals surface area contributed by atoms with E-state index in [-0.39, 0.29) is 0 Å². The van der Waals surface area contributed by atoms with E-state index in [1.807, 2.05) is 11.6 Å². The van der Waals surface area contributed by atoms with Crippen molar-refractivity contribution in [3.8, 4) is 0 Å². The van der Waals surface area contributed by atoms with E-state index < -0.39 is 0 Å². The molecule has 4 heterocycles. The van der Waals surface area contributed by atoms with Gasteiger partial charge in [0.15, 0.2) is 10.8 Å². The first-order valence-corrected chi connectivity index (χ1v) is 7.28. The largest absolute Gasteiger partial charge is 0.371 e. The Balaban J connectivity index is 1.75. The molecule has 5 nitrogen and oxygen atoms in total. The van der Waals surface area contributed by atoms with E-state index in [9.17, 15) is 0 Å². The van der Waals surface area contributed by atoms with Crippen molar-refractivity contribution in [2.45, 2.75) is 31.6 Å². The monoisotopic (exact) mass is 264 g/mol. The van der Waals surface area contributed by atoms with Crippen LogP contribution in [0.5, 0.6) is 0 Å². The van der Waals surface area contributed by atoms with Gasteiger partial charge in [0.25, 0.3) is 0 Å². The smallest absolute Gasteiger partial charge is 0.195 e. The number of rotatable bonds is 2. The van der Waals surface area contributed by atoms with Gasteiger partial charge in [-0.25, -0.2) is 4.98 Å². The Kier molecular flexibility index (Phi) is 2.36. The standard InChI is InChI=1S/C12H16N4OS/c13-5-10-11(14-12-16(10)3-4-18-12)15-6-8-1-2-9(7-15)17-8/h3-4,8-9H,1-2,5-7,13H2. The average Bonchev–Trinajstić information content (AvgIpc) is 3.03. The van der Waals surface area contributed by atoms with E-state index in [2.05, 4.69) is 9.30 Å². The van der Waals surface area contributed by atoms with Gasteiger partial charge in [0.05, 0.1) is 17.9 Å². The number of ether oxygens (including phenoxy) is 1. The molecule has 2 aromatic heterocycles. The molecule has 2 aliphatic heterocycles. The minimum atomic E-state index is 0.383. The van der Waals surface area contributed by atoms with Crippen molar-refractivity contribution in [2.24, 2.45) is 5.73 Å². The molecular formula is C12H16N4OS. The van der Waals surface area contributed by atoms with Gasteiger partial charge in [0.1, 0.15) is 0 Å². The van der Waals surface area contributed by atoms with Crippen LogP contribution in [-0.4, -0.2) is 34.7 Å². The van der Waals surface area contributed by atoms with Crippen molar-refractivity contribution in [3.63, 3.8) is 0 Å². The van der Waals surface area contributed by atoms with Crippen molar-refractivity contribution in [3.05, 3.63) is 17.3 Å². The maximum Gasteiger partial charge on any atom is 0.195 e. The van der Waals surface area contributed by atoms with Crippen molar-refractivity contribution in [1.82, 2.24) is 9.38 Å². The lowest BCUT2D eigenvalue weighted by atomic mass is 10.2. The number of morpholine rings is 1. The Labute approximate surface area is 109 Å². The molecule has 6 heteroatoms. The second-order valence-electron chi connectivity index (χ2n) is 5.00. The van der Waals surface area contributed by atoms with Gasteiger partial charge in [0, 0.05) is 31.2 Å². The third-order valence-electron chi connectivity index (χ3n) is 3.88. The number of anilines is 1. The highest BCUT2D eigenvalue weighted by atomic mass is 32.1. The van der Waals surface area contributed by atoms with Crippen LogP contribution >= 0.6 is 11.3 Å². The van der Waals surface area contributed by atoms with Crippen LogP contribution < -0.4 is 10.6 Å². The fraction of sp³-hybridized carbons (Fsp3) is 0.583. The predicted molar refractivity (Wildman–Crippen MR) is 71.1 cm³/mol. The first-order valence-electron chi connectivity index (χ1n) is 6.40. The Morgan fingerprint density at radius 3 is 2.89 bits per heavy atom. The Morgan fingerprint density at radius 1 is 1.39 bits per heavy atom. The number of hydrogen-bond acceptors (Lipinski definition) is 5. The Morgan fingerprint density at radius 2 is 2.17 bits per heavy atom. The van der Waals surface area contributed by atoms with Crippen molar-refractivity contribution < 1.29 is 4.74 Å². The molecule has 0 radical (unpaired) electrons. The summed E-state index contributed by atoms with van der Waals surface area (Å²) in [6.45, 7) is 2.43. The van der Waals surface area contributed by atoms with Crippen LogP contribution in [0.1, 0.15) is 18.5 Å². The Bertz CT molecular complexity index is 566. The summed E-state index contributed by atoms with van der Waals surface area (Å²) in [4.78, 5) is 8.12. The molecule has 4 rings (SSSR count). The highest BCUT2D eigenvalue weighted by Crippen LogP contribution is 2.32. The third kappa shape index (κ3) is 1.49. The average molecular weight is 264 g/mol. The number of aromatic nitrogens is 2. The lowest BCUT2D eigenvalue weighted by molar-refractivity contribution is 0.0302. The van der Waals surface area contributed by atoms with Gasteiger partial charge in [0.2, 0.25) is 0 Å². The van der Waals surface area contributed by atoms with Crippen molar-refractivity contribution >= 4 is 22.1 Å². The number of imidazole rings is 1. The normalized spacial score (nSPS) is 27.3. The molecule has 0 spiro atoms. The number of hydrogen-bond donors (Lipinski definition) is 1. The number of nitrogens with two attached hydrogens (primary N) is 1. The summed E-state index contributed by atoms with van der Waals surface area (Å²) < 4.78 is 7.98. The molecule has 96 valence electrons. The van der Waals surface area contributed by atoms with Crippen LogP contribution in [0.4, 0.5) is 5.82 Å². The SMILES string of the molecule is NCc1c(N2CC3CCC(C2)O3)nc2sccn12. The summed E-state index contributed by atoms with van der Waals surface area (Å²) in [6, 6.07) is 0. The van der Waals surface area contributed by atoms with Gasteiger partial charge < -0.3 is 15.4 Å². The second-order valence-corrected chi connectivity index (χ2v) is 5.88. The molecule has 2 fully saturated rings. The zero-order valence-electron chi connectivity index (χ0n) is 10.1. The van der Waals surface area contributed by atoms with E-state index in [4.69, 9.17) is 15.5 Å². The second kappa shape index (κ2) is 3.94. The first-order chi connectivity index (χ1) is 8.85. The van der Waals surface area contributed by atoms with Crippen LogP contribution in [0.15, 0.2) is 11.6 Å². The maximum atomic E-state index is 5.90. The summed E-state index contributed by atoms with van der Waals surface area (Å²) >= 11 is 1.66. The summed E-state index contributed by atoms with van der Waals surface area (Å²) in [5, 5.41) is 2.05. The molecule has 2 aliphatic rings. The topological polar surface area (TPSA) is 55.8 Å². The molecule has 0 amide bonds. The molecule has 18 heavy (non-hydrogen) atoms. The number of fused-ring (bicyclic) bond motifs is 3. The van der Waals surface area contributed by atoms with E-state index in [0.29, 0.717) is 18.8 Å². The third-order valence-corrected chi connectivity index (χ3v) is 4.63. The highest BCUT2D eigenvalue weighted by molar-refractivity contribution is 7.15. The fourth-order valence-electron chi connectivity index (χ4n) is 3.05. The molecule has 2 unspecified atom stereocenters. The molecule has 2 saturated heterocycles. The molecule has 2 N–H and O–H groups in total. The Hall–Kier alpha value is -1.11. The molecule has 2 atom stereocenters. The first kappa shape index (κ1) is 10.8. The highest BCUT2D eigenvalue weighted by Gasteiger charge is 2.35. The zero-order valence-corrected chi connectivity index (χ0v) is 10.9. The van der Waals surface area contributed by atoms with E-state index in [1.165, 1.54) is 12.8 Å². The lowest BCUT2D eigenvalue weighted by Crippen LogP contribution is -2.43. The molecule has 2 aromatic rings. The van der Waals surface area contributed by atoms with E-state index in [1.54, 1.807) is 11.3 Å². The molecule has 2 bridgehead atoms. The fourth-order valence-corrected chi connectivity index (χ4v) is 3.78. The van der Waals surface area contributed by atoms with E-state index in [0.717, 1.165) is 29.6 Å². The van der Waals surface area contributed by atoms with Crippen LogP contribution in [0.2, 0.25) is 0 Å². The summed E-state index contributed by atoms with van der Waals surface area (Å²) in [5.74, 6) is 1.06. The van der Waals surface area contributed by atoms with E-state index >= 15 is 0 Å². The van der Waals surface area contributed by atoms with Gasteiger partial charge in [-0.3, -0.25) is 4.40 Å². The predicted octanol–water partition coefficient (Wildman–Crippen LogP) is 1.22. The summed E-state index contributed by atoms with van der Waals surface area (Å²) in [7, 11) is 0. The maximum absolute atomic E-state index is 5.90. The van der Waals surface area contributed by atoms with Crippen molar-refractivity contribution in [1.29, 1.82) is 0 Å². The zero-order chi connectivity index (χ0) is 12.1. The number of thiazole rings is 1. The van der Waals surface area contributed by atoms with Gasteiger partial charge in [-0.1, -0.05) is 0 Å².